The van der Waals surface area contributed by atoms with Crippen molar-refractivity contribution in [3.05, 3.63) is 47.7 Å². The van der Waals surface area contributed by atoms with Gasteiger partial charge >= 0.3 is 0 Å². The molecule has 2 aromatic rings. The van der Waals surface area contributed by atoms with E-state index in [0.717, 1.165) is 17.9 Å². The number of oxazole rings is 1. The number of amides is 1. The maximum Gasteiger partial charge on any atom is 0.273 e. The van der Waals surface area contributed by atoms with E-state index in [2.05, 4.69) is 21.3 Å². The summed E-state index contributed by atoms with van der Waals surface area (Å²) < 4.78 is 11.0. The highest BCUT2D eigenvalue weighted by atomic mass is 16.5. The molecule has 1 fully saturated rings. The Morgan fingerprint density at radius 2 is 2.12 bits per heavy atom. The van der Waals surface area contributed by atoms with Crippen molar-refractivity contribution in [3.63, 3.8) is 0 Å². The number of benzene rings is 1. The number of hydrogen-bond acceptors (Lipinski definition) is 5. The summed E-state index contributed by atoms with van der Waals surface area (Å²) in [5.41, 5.74) is 1.47. The van der Waals surface area contributed by atoms with Crippen LogP contribution in [0.1, 0.15) is 48.6 Å². The number of para-hydroxylation sites is 1. The number of carbonyl (C=O) groups excluding carboxylic acids is 1. The summed E-state index contributed by atoms with van der Waals surface area (Å²) in [6.45, 7) is 5.18. The van der Waals surface area contributed by atoms with Crippen molar-refractivity contribution in [2.45, 2.75) is 51.9 Å². The molecule has 6 nitrogen and oxygen atoms in total. The van der Waals surface area contributed by atoms with E-state index in [9.17, 15) is 4.79 Å². The van der Waals surface area contributed by atoms with Gasteiger partial charge in [-0.05, 0) is 32.8 Å². The summed E-state index contributed by atoms with van der Waals surface area (Å²) >= 11 is 0. The highest BCUT2D eigenvalue weighted by molar-refractivity contribution is 5.92. The molecule has 1 aromatic heterocycles. The molecule has 0 atom stereocenters. The Bertz CT molecular complexity index is 722. The predicted molar refractivity (Wildman–Crippen MR) is 94.4 cm³/mol. The molecule has 0 aliphatic heterocycles. The van der Waals surface area contributed by atoms with Crippen LogP contribution in [0, 0.1) is 0 Å². The van der Waals surface area contributed by atoms with Crippen LogP contribution < -0.4 is 10.1 Å². The molecule has 3 rings (SSSR count). The van der Waals surface area contributed by atoms with Gasteiger partial charge in [-0.3, -0.25) is 9.69 Å². The van der Waals surface area contributed by atoms with Crippen LogP contribution in [-0.2, 0) is 13.1 Å². The molecule has 0 saturated heterocycles. The number of methoxy groups -OCH3 is 1. The van der Waals surface area contributed by atoms with Gasteiger partial charge in [0.05, 0.1) is 13.7 Å². The molecule has 0 unspecified atom stereocenters. The average Bonchev–Trinajstić information content (AvgIpc) is 3.33. The van der Waals surface area contributed by atoms with Gasteiger partial charge in [-0.2, -0.15) is 0 Å². The Morgan fingerprint density at radius 1 is 1.36 bits per heavy atom. The van der Waals surface area contributed by atoms with E-state index in [1.807, 2.05) is 32.0 Å². The van der Waals surface area contributed by atoms with Gasteiger partial charge in [0.25, 0.3) is 5.91 Å². The molecule has 1 N–H and O–H groups in total. The first-order valence-electron chi connectivity index (χ1n) is 8.68. The summed E-state index contributed by atoms with van der Waals surface area (Å²) in [4.78, 5) is 18.7. The fourth-order valence-electron chi connectivity index (χ4n) is 2.80. The van der Waals surface area contributed by atoms with Crippen LogP contribution in [0.2, 0.25) is 0 Å². The van der Waals surface area contributed by atoms with Crippen LogP contribution in [0.15, 0.2) is 34.9 Å². The second kappa shape index (κ2) is 7.70. The fraction of sp³-hybridized carbons (Fsp3) is 0.474. The molecule has 1 heterocycles. The second-order valence-corrected chi connectivity index (χ2v) is 6.70. The standard InChI is InChI=1S/C19H25N3O3/c1-13(2)20-19(23)16-12-25-18(21-16)11-22(15-8-9-15)10-14-6-4-5-7-17(14)24-3/h4-7,12-13,15H,8-11H2,1-3H3,(H,20,23). The Balaban J connectivity index is 1.69. The summed E-state index contributed by atoms with van der Waals surface area (Å²) in [7, 11) is 1.69. The third-order valence-corrected chi connectivity index (χ3v) is 4.17. The van der Waals surface area contributed by atoms with E-state index in [0.29, 0.717) is 24.2 Å². The highest BCUT2D eigenvalue weighted by Crippen LogP contribution is 2.31. The molecule has 1 aromatic carbocycles. The number of ether oxygens (including phenoxy) is 1. The van der Waals surface area contributed by atoms with Crippen LogP contribution in [0.3, 0.4) is 0 Å². The SMILES string of the molecule is COc1ccccc1CN(Cc1nc(C(=O)NC(C)C)co1)C1CC1. The van der Waals surface area contributed by atoms with Gasteiger partial charge in [-0.1, -0.05) is 18.2 Å². The van der Waals surface area contributed by atoms with Gasteiger partial charge < -0.3 is 14.5 Å². The summed E-state index contributed by atoms with van der Waals surface area (Å²) in [6.07, 6.45) is 3.79. The zero-order valence-electron chi connectivity index (χ0n) is 15.0. The fourth-order valence-corrected chi connectivity index (χ4v) is 2.80. The van der Waals surface area contributed by atoms with E-state index < -0.39 is 0 Å². The van der Waals surface area contributed by atoms with Gasteiger partial charge in [0.1, 0.15) is 12.0 Å². The number of rotatable bonds is 8. The molecular weight excluding hydrogens is 318 g/mol. The Labute approximate surface area is 148 Å². The van der Waals surface area contributed by atoms with E-state index in [1.165, 1.54) is 19.1 Å². The van der Waals surface area contributed by atoms with Gasteiger partial charge in [-0.25, -0.2) is 4.98 Å². The minimum Gasteiger partial charge on any atom is -0.496 e. The lowest BCUT2D eigenvalue weighted by molar-refractivity contribution is 0.0938. The molecule has 0 radical (unpaired) electrons. The highest BCUT2D eigenvalue weighted by Gasteiger charge is 2.30. The maximum atomic E-state index is 12.0. The zero-order chi connectivity index (χ0) is 17.8. The van der Waals surface area contributed by atoms with Crippen LogP contribution >= 0.6 is 0 Å². The lowest BCUT2D eigenvalue weighted by Crippen LogP contribution is -2.30. The third-order valence-electron chi connectivity index (χ3n) is 4.17. The molecule has 1 aliphatic carbocycles. The Hall–Kier alpha value is -2.34. The summed E-state index contributed by atoms with van der Waals surface area (Å²) in [5, 5.41) is 2.82. The second-order valence-electron chi connectivity index (χ2n) is 6.70. The number of carbonyl (C=O) groups is 1. The topological polar surface area (TPSA) is 67.6 Å². The van der Waals surface area contributed by atoms with E-state index in [-0.39, 0.29) is 11.9 Å². The third kappa shape index (κ3) is 4.60. The number of nitrogens with one attached hydrogen (secondary N) is 1. The van der Waals surface area contributed by atoms with Crippen molar-refractivity contribution in [3.8, 4) is 5.75 Å². The smallest absolute Gasteiger partial charge is 0.273 e. The maximum absolute atomic E-state index is 12.0. The molecule has 1 amide bonds. The molecule has 0 bridgehead atoms. The molecule has 0 spiro atoms. The van der Waals surface area contributed by atoms with E-state index >= 15 is 0 Å². The van der Waals surface area contributed by atoms with Gasteiger partial charge in [-0.15, -0.1) is 0 Å². The number of hydrogen-bond donors (Lipinski definition) is 1. The van der Waals surface area contributed by atoms with Crippen molar-refractivity contribution in [2.24, 2.45) is 0 Å². The van der Waals surface area contributed by atoms with Crippen molar-refractivity contribution < 1.29 is 13.9 Å². The van der Waals surface area contributed by atoms with Gasteiger partial charge in [0, 0.05) is 24.2 Å². The van der Waals surface area contributed by atoms with Crippen molar-refractivity contribution in [1.82, 2.24) is 15.2 Å². The Kier molecular flexibility index (Phi) is 5.38. The molecule has 6 heteroatoms. The lowest BCUT2D eigenvalue weighted by atomic mass is 10.2. The lowest BCUT2D eigenvalue weighted by Gasteiger charge is -2.21. The molecule has 1 aliphatic rings. The minimum atomic E-state index is -0.201. The Morgan fingerprint density at radius 3 is 2.80 bits per heavy atom. The molecule has 1 saturated carbocycles. The average molecular weight is 343 g/mol. The van der Waals surface area contributed by atoms with Gasteiger partial charge in [0.2, 0.25) is 5.89 Å². The van der Waals surface area contributed by atoms with Crippen LogP contribution in [0.25, 0.3) is 0 Å². The van der Waals surface area contributed by atoms with Gasteiger partial charge in [0.15, 0.2) is 5.69 Å². The van der Waals surface area contributed by atoms with Crippen molar-refractivity contribution in [1.29, 1.82) is 0 Å². The summed E-state index contributed by atoms with van der Waals surface area (Å²) in [5.74, 6) is 1.25. The molecule has 134 valence electrons. The first kappa shape index (κ1) is 17.5. The normalized spacial score (nSPS) is 14.1. The van der Waals surface area contributed by atoms with Crippen molar-refractivity contribution >= 4 is 5.91 Å². The molecular formula is C19H25N3O3. The largest absolute Gasteiger partial charge is 0.496 e. The predicted octanol–water partition coefficient (Wildman–Crippen LogP) is 2.99. The van der Waals surface area contributed by atoms with E-state index in [4.69, 9.17) is 9.15 Å². The minimum absolute atomic E-state index is 0.0705. The number of aromatic nitrogens is 1. The quantitative estimate of drug-likeness (QED) is 0.798. The first-order valence-corrected chi connectivity index (χ1v) is 8.68. The first-order chi connectivity index (χ1) is 12.1. The van der Waals surface area contributed by atoms with Crippen molar-refractivity contribution in [2.75, 3.05) is 7.11 Å². The van der Waals surface area contributed by atoms with Crippen LogP contribution in [0.4, 0.5) is 0 Å². The summed E-state index contributed by atoms with van der Waals surface area (Å²) in [6, 6.07) is 8.64. The zero-order valence-corrected chi connectivity index (χ0v) is 15.0. The molecule has 25 heavy (non-hydrogen) atoms. The van der Waals surface area contributed by atoms with Crippen LogP contribution in [0.5, 0.6) is 5.75 Å². The number of nitrogens with zero attached hydrogens (tertiary/aromatic N) is 2. The van der Waals surface area contributed by atoms with Crippen LogP contribution in [-0.4, -0.2) is 35.0 Å². The van der Waals surface area contributed by atoms with E-state index in [1.54, 1.807) is 7.11 Å². The monoisotopic (exact) mass is 343 g/mol.